The first-order valence-electron chi connectivity index (χ1n) is 10.6. The van der Waals surface area contributed by atoms with Crippen molar-refractivity contribution in [2.45, 2.75) is 41.9 Å². The van der Waals surface area contributed by atoms with Gasteiger partial charge in [-0.1, -0.05) is 18.9 Å². The molecule has 1 aliphatic rings. The van der Waals surface area contributed by atoms with E-state index in [1.54, 1.807) is 6.20 Å². The molecule has 0 saturated heterocycles. The Labute approximate surface area is 192 Å². The molecule has 1 N–H and O–H groups in total. The summed E-state index contributed by atoms with van der Waals surface area (Å²) in [4.78, 5) is 16.9. The van der Waals surface area contributed by atoms with Crippen LogP contribution in [0.1, 0.15) is 31.4 Å². The Balaban J connectivity index is 1.64. The van der Waals surface area contributed by atoms with Gasteiger partial charge >= 0.3 is 0 Å². The van der Waals surface area contributed by atoms with Crippen molar-refractivity contribution in [3.8, 4) is 6.07 Å². The van der Waals surface area contributed by atoms with E-state index >= 15 is 0 Å². The second-order valence-corrected chi connectivity index (χ2v) is 11.0. The van der Waals surface area contributed by atoms with Crippen molar-refractivity contribution in [2.75, 3.05) is 18.1 Å². The van der Waals surface area contributed by atoms with Crippen LogP contribution in [0.4, 0.5) is 4.39 Å². The van der Waals surface area contributed by atoms with E-state index < -0.39 is 21.6 Å². The third-order valence-electron chi connectivity index (χ3n) is 5.63. The number of nitriles is 1. The first-order chi connectivity index (χ1) is 15.4. The molecule has 1 aromatic carbocycles. The fourth-order valence-corrected chi connectivity index (χ4v) is 6.60. The molecule has 1 amide bonds. The van der Waals surface area contributed by atoms with E-state index in [0.717, 1.165) is 24.6 Å². The van der Waals surface area contributed by atoms with E-state index in [0.29, 0.717) is 29.9 Å². The second kappa shape index (κ2) is 11.4. The molecule has 1 aliphatic carbocycles. The summed E-state index contributed by atoms with van der Waals surface area (Å²) in [5, 5.41) is 11.2. The van der Waals surface area contributed by atoms with Gasteiger partial charge in [-0.05, 0) is 55.5 Å². The van der Waals surface area contributed by atoms with Crippen LogP contribution in [0.5, 0.6) is 0 Å². The zero-order valence-electron chi connectivity index (χ0n) is 17.7. The fourth-order valence-electron chi connectivity index (χ4n) is 3.99. The molecule has 0 radical (unpaired) electrons. The minimum Gasteiger partial charge on any atom is -0.343 e. The highest BCUT2D eigenvalue weighted by Gasteiger charge is 2.34. The molecule has 1 aromatic heterocycles. The van der Waals surface area contributed by atoms with Crippen LogP contribution in [0.2, 0.25) is 0 Å². The first-order valence-corrected chi connectivity index (χ1v) is 13.2. The van der Waals surface area contributed by atoms with E-state index in [1.807, 2.05) is 24.3 Å². The maximum absolute atomic E-state index is 14.6. The molecule has 3 rings (SSSR count). The van der Waals surface area contributed by atoms with E-state index in [9.17, 15) is 17.6 Å². The van der Waals surface area contributed by atoms with Crippen molar-refractivity contribution < 1.29 is 17.6 Å². The van der Waals surface area contributed by atoms with E-state index in [1.165, 1.54) is 23.9 Å². The van der Waals surface area contributed by atoms with E-state index in [2.05, 4.69) is 10.3 Å². The van der Waals surface area contributed by atoms with Crippen molar-refractivity contribution in [3.05, 3.63) is 54.1 Å². The number of aryl methyl sites for hydroxylation is 1. The van der Waals surface area contributed by atoms with Crippen molar-refractivity contribution in [2.24, 2.45) is 11.8 Å². The lowest BCUT2D eigenvalue weighted by molar-refractivity contribution is -0.127. The summed E-state index contributed by atoms with van der Waals surface area (Å²) in [6.07, 6.45) is 5.31. The third-order valence-corrected chi connectivity index (χ3v) is 8.51. The monoisotopic (exact) mass is 475 g/mol. The number of carbonyl (C=O) groups is 1. The van der Waals surface area contributed by atoms with E-state index in [4.69, 9.17) is 5.26 Å². The average Bonchev–Trinajstić information content (AvgIpc) is 2.79. The maximum Gasteiger partial charge on any atom is 0.224 e. The van der Waals surface area contributed by atoms with Crippen LogP contribution in [0, 0.1) is 29.0 Å². The molecule has 0 aliphatic heterocycles. The number of amides is 1. The van der Waals surface area contributed by atoms with Gasteiger partial charge in [0.15, 0.2) is 9.84 Å². The molecule has 1 heterocycles. The number of carbonyl (C=O) groups excluding carboxylic acids is 1. The molecule has 2 atom stereocenters. The number of benzene rings is 1. The first kappa shape index (κ1) is 24.2. The molecule has 2 aromatic rings. The molecule has 9 heteroatoms. The number of pyridine rings is 1. The fraction of sp³-hybridized carbons (Fsp3) is 0.435. The number of hydrogen-bond donors (Lipinski definition) is 1. The van der Waals surface area contributed by atoms with Crippen LogP contribution in [0.3, 0.4) is 0 Å². The highest BCUT2D eigenvalue weighted by molar-refractivity contribution is 7.99. The smallest absolute Gasteiger partial charge is 0.224 e. The normalized spacial score (nSPS) is 18.6. The number of nitrogens with zero attached hydrogens (tertiary/aromatic N) is 2. The van der Waals surface area contributed by atoms with Gasteiger partial charge in [0.1, 0.15) is 12.4 Å². The van der Waals surface area contributed by atoms with Gasteiger partial charge in [-0.15, -0.1) is 11.8 Å². The van der Waals surface area contributed by atoms with Crippen LogP contribution in [-0.4, -0.2) is 37.4 Å². The zero-order chi connectivity index (χ0) is 23.0. The Hall–Kier alpha value is -2.44. The van der Waals surface area contributed by atoms with Crippen LogP contribution in [0.25, 0.3) is 0 Å². The summed E-state index contributed by atoms with van der Waals surface area (Å²) in [5.74, 6) is -1.22. The lowest BCUT2D eigenvalue weighted by Crippen LogP contribution is -2.39. The van der Waals surface area contributed by atoms with Crippen molar-refractivity contribution >= 4 is 27.5 Å². The summed E-state index contributed by atoms with van der Waals surface area (Å²) in [6.45, 7) is -0.0977. The number of sulfone groups is 1. The standard InChI is InChI=1S/C23H26FN3O3S2/c24-21-15-19(8-9-22(21)31-14-10-18-6-3-4-12-26-18)32(29,30)16-17-5-1-2-7-20(17)23(28)27-13-11-25/h3-4,6,8-9,12,15,17,20H,1-2,5,7,10,13-14,16H2,(H,27,28)/t17-,20+/m0/s1. The molecular formula is C23H26FN3O3S2. The van der Waals surface area contributed by atoms with Gasteiger partial charge in [-0.3, -0.25) is 9.78 Å². The molecule has 1 fully saturated rings. The lowest BCUT2D eigenvalue weighted by atomic mass is 9.80. The van der Waals surface area contributed by atoms with Gasteiger partial charge in [0.2, 0.25) is 5.91 Å². The van der Waals surface area contributed by atoms with Crippen LogP contribution in [-0.2, 0) is 21.1 Å². The summed E-state index contributed by atoms with van der Waals surface area (Å²) in [5.41, 5.74) is 0.917. The summed E-state index contributed by atoms with van der Waals surface area (Å²) in [7, 11) is -3.75. The molecule has 6 nitrogen and oxygen atoms in total. The Bertz CT molecular complexity index is 1070. The van der Waals surface area contributed by atoms with Gasteiger partial charge in [0.05, 0.1) is 16.7 Å². The molecule has 32 heavy (non-hydrogen) atoms. The van der Waals surface area contributed by atoms with Crippen LogP contribution < -0.4 is 5.32 Å². The summed E-state index contributed by atoms with van der Waals surface area (Å²) in [6, 6.07) is 11.5. The second-order valence-electron chi connectivity index (χ2n) is 7.82. The zero-order valence-corrected chi connectivity index (χ0v) is 19.3. The van der Waals surface area contributed by atoms with Gasteiger partial charge in [0.25, 0.3) is 0 Å². The minimum absolute atomic E-state index is 0.0640. The number of thioether (sulfide) groups is 1. The number of nitrogens with one attached hydrogen (secondary N) is 1. The predicted octanol–water partition coefficient (Wildman–Crippen LogP) is 3.78. The Kier molecular flexibility index (Phi) is 8.65. The molecule has 0 unspecified atom stereocenters. The molecular weight excluding hydrogens is 449 g/mol. The SMILES string of the molecule is N#CCNC(=O)[C@@H]1CCCC[C@H]1CS(=O)(=O)c1ccc(SCCc2ccccn2)c(F)c1. The van der Waals surface area contributed by atoms with Crippen molar-refractivity contribution in [1.29, 1.82) is 5.26 Å². The number of hydrogen-bond acceptors (Lipinski definition) is 6. The average molecular weight is 476 g/mol. The minimum atomic E-state index is -3.75. The maximum atomic E-state index is 14.6. The molecule has 0 spiro atoms. The van der Waals surface area contributed by atoms with Gasteiger partial charge in [-0.25, -0.2) is 12.8 Å². The molecule has 0 bridgehead atoms. The number of halogens is 1. The lowest BCUT2D eigenvalue weighted by Gasteiger charge is -2.30. The topological polar surface area (TPSA) is 99.9 Å². The van der Waals surface area contributed by atoms with Crippen LogP contribution >= 0.6 is 11.8 Å². The number of aromatic nitrogens is 1. The molecule has 1 saturated carbocycles. The van der Waals surface area contributed by atoms with Crippen LogP contribution in [0.15, 0.2) is 52.4 Å². The summed E-state index contributed by atoms with van der Waals surface area (Å²) >= 11 is 1.32. The predicted molar refractivity (Wildman–Crippen MR) is 121 cm³/mol. The van der Waals surface area contributed by atoms with Crippen molar-refractivity contribution in [1.82, 2.24) is 10.3 Å². The van der Waals surface area contributed by atoms with Gasteiger partial charge < -0.3 is 5.32 Å². The van der Waals surface area contributed by atoms with Gasteiger partial charge in [0, 0.05) is 28.5 Å². The summed E-state index contributed by atoms with van der Waals surface area (Å²) < 4.78 is 40.6. The Morgan fingerprint density at radius 2 is 2.06 bits per heavy atom. The Morgan fingerprint density at radius 3 is 2.78 bits per heavy atom. The van der Waals surface area contributed by atoms with Crippen molar-refractivity contribution in [3.63, 3.8) is 0 Å². The number of rotatable bonds is 9. The molecule has 170 valence electrons. The third kappa shape index (κ3) is 6.53. The highest BCUT2D eigenvalue weighted by atomic mass is 32.2. The Morgan fingerprint density at radius 1 is 1.25 bits per heavy atom. The highest BCUT2D eigenvalue weighted by Crippen LogP contribution is 2.33. The largest absolute Gasteiger partial charge is 0.343 e. The van der Waals surface area contributed by atoms with Gasteiger partial charge in [-0.2, -0.15) is 5.26 Å². The quantitative estimate of drug-likeness (QED) is 0.438. The van der Waals surface area contributed by atoms with E-state index in [-0.39, 0.29) is 29.0 Å².